The molecule has 3 heteroatoms. The number of rotatable bonds is 5. The number of ether oxygens (including phenoxy) is 1. The van der Waals surface area contributed by atoms with Crippen LogP contribution >= 0.6 is 0 Å². The minimum absolute atomic E-state index is 0.228. The van der Waals surface area contributed by atoms with Crippen molar-refractivity contribution in [3.63, 3.8) is 0 Å². The van der Waals surface area contributed by atoms with Crippen molar-refractivity contribution in [3.05, 3.63) is 35.9 Å². The summed E-state index contributed by atoms with van der Waals surface area (Å²) < 4.78 is 5.70. The van der Waals surface area contributed by atoms with Gasteiger partial charge in [-0.1, -0.05) is 39.0 Å². The second kappa shape index (κ2) is 6.24. The summed E-state index contributed by atoms with van der Waals surface area (Å²) in [5.41, 5.74) is 1.01. The highest BCUT2D eigenvalue weighted by atomic mass is 16.5. The van der Waals surface area contributed by atoms with E-state index in [1.165, 1.54) is 0 Å². The largest absolute Gasteiger partial charge is 0.493 e. The molecule has 0 aromatic heterocycles. The number of benzene rings is 1. The standard InChI is InChI=1S/C15H20O3/c1-15(2,3)10-11-18-13-7-5-4-6-12(13)8-9-14(16)17/h4-9H,10-11H2,1-3H3,(H,16,17). The first-order valence-corrected chi connectivity index (χ1v) is 6.01. The first-order chi connectivity index (χ1) is 8.38. The Bertz CT molecular complexity index is 428. The lowest BCUT2D eigenvalue weighted by atomic mass is 9.93. The van der Waals surface area contributed by atoms with Crippen LogP contribution in [0.5, 0.6) is 5.75 Å². The lowest BCUT2D eigenvalue weighted by Crippen LogP contribution is -2.11. The minimum Gasteiger partial charge on any atom is -0.493 e. The highest BCUT2D eigenvalue weighted by Gasteiger charge is 2.10. The van der Waals surface area contributed by atoms with Gasteiger partial charge in [-0.2, -0.15) is 0 Å². The first-order valence-electron chi connectivity index (χ1n) is 6.01. The predicted octanol–water partition coefficient (Wildman–Crippen LogP) is 3.60. The van der Waals surface area contributed by atoms with Gasteiger partial charge in [0.2, 0.25) is 0 Å². The molecule has 0 saturated carbocycles. The maximum atomic E-state index is 10.5. The lowest BCUT2D eigenvalue weighted by Gasteiger charge is -2.18. The molecule has 0 saturated heterocycles. The molecule has 3 nitrogen and oxygen atoms in total. The van der Waals surface area contributed by atoms with Crippen molar-refractivity contribution in [2.24, 2.45) is 5.41 Å². The average molecular weight is 248 g/mol. The molecule has 1 aromatic carbocycles. The number of hydrogen-bond acceptors (Lipinski definition) is 2. The van der Waals surface area contributed by atoms with Crippen molar-refractivity contribution in [2.45, 2.75) is 27.2 Å². The van der Waals surface area contributed by atoms with Crippen LogP contribution in [0.1, 0.15) is 32.8 Å². The summed E-state index contributed by atoms with van der Waals surface area (Å²) in [7, 11) is 0. The van der Waals surface area contributed by atoms with Crippen LogP contribution in [0.2, 0.25) is 0 Å². The quantitative estimate of drug-likeness (QED) is 0.810. The molecule has 1 N–H and O–H groups in total. The van der Waals surface area contributed by atoms with Crippen molar-refractivity contribution in [2.75, 3.05) is 6.61 Å². The van der Waals surface area contributed by atoms with Gasteiger partial charge in [0.1, 0.15) is 5.75 Å². The summed E-state index contributed by atoms with van der Waals surface area (Å²) in [6, 6.07) is 7.43. The number of aliphatic carboxylic acids is 1. The monoisotopic (exact) mass is 248 g/mol. The van der Waals surface area contributed by atoms with Crippen LogP contribution in [-0.4, -0.2) is 17.7 Å². The van der Waals surface area contributed by atoms with Crippen LogP contribution in [0.25, 0.3) is 6.08 Å². The molecule has 98 valence electrons. The topological polar surface area (TPSA) is 46.5 Å². The van der Waals surface area contributed by atoms with Gasteiger partial charge in [0.05, 0.1) is 6.61 Å². The van der Waals surface area contributed by atoms with E-state index in [-0.39, 0.29) is 5.41 Å². The fraction of sp³-hybridized carbons (Fsp3) is 0.400. The third kappa shape index (κ3) is 5.53. The predicted molar refractivity (Wildman–Crippen MR) is 72.7 cm³/mol. The summed E-state index contributed by atoms with van der Waals surface area (Å²) in [5.74, 6) is -0.237. The molecule has 0 heterocycles. The molecular weight excluding hydrogens is 228 g/mol. The van der Waals surface area contributed by atoms with Gasteiger partial charge in [-0.25, -0.2) is 4.79 Å². The van der Waals surface area contributed by atoms with Crippen molar-refractivity contribution < 1.29 is 14.6 Å². The zero-order chi connectivity index (χ0) is 13.6. The zero-order valence-corrected chi connectivity index (χ0v) is 11.1. The molecule has 1 aromatic rings. The summed E-state index contributed by atoms with van der Waals surface area (Å²) in [4.78, 5) is 10.5. The van der Waals surface area contributed by atoms with Crippen molar-refractivity contribution in [1.82, 2.24) is 0 Å². The Morgan fingerprint density at radius 2 is 2.00 bits per heavy atom. The van der Waals surface area contributed by atoms with E-state index in [0.29, 0.717) is 6.61 Å². The molecule has 0 unspecified atom stereocenters. The van der Waals surface area contributed by atoms with Gasteiger partial charge in [0.15, 0.2) is 0 Å². The SMILES string of the molecule is CC(C)(C)CCOc1ccccc1C=CC(=O)O. The van der Waals surface area contributed by atoms with Gasteiger partial charge in [-0.05, 0) is 24.0 Å². The number of carboxylic acid groups (broad SMARTS) is 1. The van der Waals surface area contributed by atoms with E-state index < -0.39 is 5.97 Å². The minimum atomic E-state index is -0.959. The summed E-state index contributed by atoms with van der Waals surface area (Å²) >= 11 is 0. The van der Waals surface area contributed by atoms with Crippen molar-refractivity contribution in [1.29, 1.82) is 0 Å². The summed E-state index contributed by atoms with van der Waals surface area (Å²) in [6.07, 6.45) is 3.62. The summed E-state index contributed by atoms with van der Waals surface area (Å²) in [5, 5.41) is 8.62. The molecule has 0 amide bonds. The molecule has 0 aliphatic carbocycles. The third-order valence-corrected chi connectivity index (χ3v) is 2.43. The van der Waals surface area contributed by atoms with Gasteiger partial charge in [-0.15, -0.1) is 0 Å². The Morgan fingerprint density at radius 1 is 1.33 bits per heavy atom. The highest BCUT2D eigenvalue weighted by Crippen LogP contribution is 2.22. The Balaban J connectivity index is 2.68. The molecule has 0 bridgehead atoms. The Labute approximate surface area is 108 Å². The fourth-order valence-corrected chi connectivity index (χ4v) is 1.38. The molecule has 0 spiro atoms. The second-order valence-corrected chi connectivity index (χ2v) is 5.37. The van der Waals surface area contributed by atoms with Crippen LogP contribution in [0.15, 0.2) is 30.3 Å². The molecule has 0 radical (unpaired) electrons. The number of carbonyl (C=O) groups is 1. The molecular formula is C15H20O3. The van der Waals surface area contributed by atoms with Crippen molar-refractivity contribution in [3.8, 4) is 5.75 Å². The van der Waals surface area contributed by atoms with Crippen molar-refractivity contribution >= 4 is 12.0 Å². The Hall–Kier alpha value is -1.77. The van der Waals surface area contributed by atoms with Crippen LogP contribution in [0.4, 0.5) is 0 Å². The van der Waals surface area contributed by atoms with E-state index in [2.05, 4.69) is 20.8 Å². The normalized spacial score (nSPS) is 11.7. The smallest absolute Gasteiger partial charge is 0.328 e. The molecule has 0 atom stereocenters. The van der Waals surface area contributed by atoms with Crippen LogP contribution < -0.4 is 4.74 Å². The van der Waals surface area contributed by atoms with E-state index in [1.54, 1.807) is 6.08 Å². The molecule has 0 fully saturated rings. The first kappa shape index (κ1) is 14.3. The second-order valence-electron chi connectivity index (χ2n) is 5.37. The average Bonchev–Trinajstić information content (AvgIpc) is 2.26. The highest BCUT2D eigenvalue weighted by molar-refractivity contribution is 5.85. The van der Waals surface area contributed by atoms with Gasteiger partial charge in [-0.3, -0.25) is 0 Å². The molecule has 0 aliphatic rings. The fourth-order valence-electron chi connectivity index (χ4n) is 1.38. The van der Waals surface area contributed by atoms with Gasteiger partial charge >= 0.3 is 5.97 Å². The van der Waals surface area contributed by atoms with E-state index in [9.17, 15) is 4.79 Å². The van der Waals surface area contributed by atoms with Crippen LogP contribution in [0, 0.1) is 5.41 Å². The van der Waals surface area contributed by atoms with Crippen LogP contribution in [0.3, 0.4) is 0 Å². The number of hydrogen-bond donors (Lipinski definition) is 1. The molecule has 1 rings (SSSR count). The summed E-state index contributed by atoms with van der Waals surface area (Å²) in [6.45, 7) is 7.10. The number of carboxylic acids is 1. The number of para-hydroxylation sites is 1. The maximum absolute atomic E-state index is 10.5. The van der Waals surface area contributed by atoms with Gasteiger partial charge in [0, 0.05) is 11.6 Å². The Kier molecular flexibility index (Phi) is 4.95. The van der Waals surface area contributed by atoms with E-state index in [1.807, 2.05) is 24.3 Å². The zero-order valence-electron chi connectivity index (χ0n) is 11.1. The van der Waals surface area contributed by atoms with E-state index >= 15 is 0 Å². The van der Waals surface area contributed by atoms with Gasteiger partial charge < -0.3 is 9.84 Å². The Morgan fingerprint density at radius 3 is 2.61 bits per heavy atom. The van der Waals surface area contributed by atoms with Crippen LogP contribution in [-0.2, 0) is 4.79 Å². The third-order valence-electron chi connectivity index (χ3n) is 2.43. The molecule has 0 aliphatic heterocycles. The van der Waals surface area contributed by atoms with Gasteiger partial charge in [0.25, 0.3) is 0 Å². The molecule has 18 heavy (non-hydrogen) atoms. The maximum Gasteiger partial charge on any atom is 0.328 e. The van der Waals surface area contributed by atoms with E-state index in [4.69, 9.17) is 9.84 Å². The van der Waals surface area contributed by atoms with E-state index in [0.717, 1.165) is 23.8 Å². The lowest BCUT2D eigenvalue weighted by molar-refractivity contribution is -0.131.